The Kier molecular flexibility index (Phi) is 5.99. The van der Waals surface area contributed by atoms with Gasteiger partial charge in [-0.25, -0.2) is 0 Å². The van der Waals surface area contributed by atoms with E-state index in [4.69, 9.17) is 0 Å². The SMILES string of the molecule is O=C(NCC1C2CCC1CN(Cc1ccccc1)C2)[C@](O)(CO)c1ccccc1. The fourth-order valence-electron chi connectivity index (χ4n) is 5.10. The molecule has 2 aromatic carbocycles. The Hall–Kier alpha value is -2.21. The topological polar surface area (TPSA) is 72.8 Å². The van der Waals surface area contributed by atoms with Crippen LogP contribution in [0.3, 0.4) is 0 Å². The smallest absolute Gasteiger partial charge is 0.259 e. The molecule has 29 heavy (non-hydrogen) atoms. The van der Waals surface area contributed by atoms with Crippen LogP contribution in [-0.2, 0) is 16.9 Å². The van der Waals surface area contributed by atoms with E-state index in [9.17, 15) is 15.0 Å². The van der Waals surface area contributed by atoms with Gasteiger partial charge < -0.3 is 15.5 Å². The number of hydrogen-bond acceptors (Lipinski definition) is 4. The number of nitrogens with one attached hydrogen (secondary N) is 1. The first-order valence-corrected chi connectivity index (χ1v) is 10.5. The Morgan fingerprint density at radius 3 is 2.17 bits per heavy atom. The third-order valence-corrected chi connectivity index (χ3v) is 6.71. The summed E-state index contributed by atoms with van der Waals surface area (Å²) in [7, 11) is 0. The lowest BCUT2D eigenvalue weighted by Crippen LogP contribution is -2.51. The van der Waals surface area contributed by atoms with Crippen LogP contribution in [0, 0.1) is 17.8 Å². The maximum atomic E-state index is 12.7. The summed E-state index contributed by atoms with van der Waals surface area (Å²) >= 11 is 0. The first kappa shape index (κ1) is 20.1. The van der Waals surface area contributed by atoms with Gasteiger partial charge in [0.1, 0.15) is 0 Å². The summed E-state index contributed by atoms with van der Waals surface area (Å²) in [4.78, 5) is 15.3. The van der Waals surface area contributed by atoms with Crippen molar-refractivity contribution in [3.8, 4) is 0 Å². The van der Waals surface area contributed by atoms with Gasteiger partial charge in [-0.15, -0.1) is 0 Å². The number of rotatable bonds is 7. The molecule has 0 spiro atoms. The molecule has 1 aliphatic heterocycles. The van der Waals surface area contributed by atoms with E-state index in [1.807, 2.05) is 12.1 Å². The van der Waals surface area contributed by atoms with Crippen LogP contribution in [0.25, 0.3) is 0 Å². The maximum absolute atomic E-state index is 12.7. The zero-order valence-corrected chi connectivity index (χ0v) is 16.7. The first-order chi connectivity index (χ1) is 14.1. The molecule has 2 aromatic rings. The number of hydrogen-bond donors (Lipinski definition) is 3. The number of piperidine rings is 1. The number of amides is 1. The van der Waals surface area contributed by atoms with Crippen LogP contribution in [0.1, 0.15) is 24.0 Å². The van der Waals surface area contributed by atoms with Gasteiger partial charge in [0.05, 0.1) is 6.61 Å². The Morgan fingerprint density at radius 1 is 1.00 bits per heavy atom. The van der Waals surface area contributed by atoms with E-state index in [0.717, 1.165) is 19.6 Å². The molecule has 2 bridgehead atoms. The predicted molar refractivity (Wildman–Crippen MR) is 112 cm³/mol. The molecule has 2 fully saturated rings. The average Bonchev–Trinajstić information content (AvgIpc) is 3.00. The minimum absolute atomic E-state index is 0.417. The van der Waals surface area contributed by atoms with Crippen LogP contribution >= 0.6 is 0 Å². The molecular weight excluding hydrogens is 364 g/mol. The first-order valence-electron chi connectivity index (χ1n) is 10.5. The lowest BCUT2D eigenvalue weighted by molar-refractivity contribution is -0.145. The zero-order valence-electron chi connectivity index (χ0n) is 16.7. The predicted octanol–water partition coefficient (Wildman–Crippen LogP) is 2.14. The van der Waals surface area contributed by atoms with E-state index >= 15 is 0 Å². The quantitative estimate of drug-likeness (QED) is 0.673. The van der Waals surface area contributed by atoms with Crippen molar-refractivity contribution in [2.45, 2.75) is 25.0 Å². The van der Waals surface area contributed by atoms with Crippen LogP contribution in [0.5, 0.6) is 0 Å². The van der Waals surface area contributed by atoms with Gasteiger partial charge >= 0.3 is 0 Å². The van der Waals surface area contributed by atoms with Gasteiger partial charge in [-0.2, -0.15) is 0 Å². The fourth-order valence-corrected chi connectivity index (χ4v) is 5.10. The molecule has 1 heterocycles. The second-order valence-corrected chi connectivity index (χ2v) is 8.54. The summed E-state index contributed by atoms with van der Waals surface area (Å²) in [5, 5.41) is 23.4. The number of benzene rings is 2. The Bertz CT molecular complexity index is 799. The third-order valence-electron chi connectivity index (χ3n) is 6.71. The van der Waals surface area contributed by atoms with Crippen molar-refractivity contribution in [1.82, 2.24) is 10.2 Å². The number of nitrogens with zero attached hydrogens (tertiary/aromatic N) is 1. The molecule has 5 nitrogen and oxygen atoms in total. The van der Waals surface area contributed by atoms with Crippen molar-refractivity contribution in [2.75, 3.05) is 26.2 Å². The van der Waals surface area contributed by atoms with Crippen LogP contribution in [-0.4, -0.2) is 47.3 Å². The maximum Gasteiger partial charge on any atom is 0.259 e. The molecule has 3 N–H and O–H groups in total. The van der Waals surface area contributed by atoms with Crippen molar-refractivity contribution in [1.29, 1.82) is 0 Å². The lowest BCUT2D eigenvalue weighted by Gasteiger charge is -2.38. The van der Waals surface area contributed by atoms with E-state index in [1.54, 1.807) is 24.3 Å². The molecule has 4 rings (SSSR count). The average molecular weight is 395 g/mol. The van der Waals surface area contributed by atoms with Gasteiger partial charge in [-0.05, 0) is 41.7 Å². The van der Waals surface area contributed by atoms with Gasteiger partial charge in [0.2, 0.25) is 0 Å². The minimum atomic E-state index is -1.89. The molecule has 3 atom stereocenters. The van der Waals surface area contributed by atoms with E-state index in [2.05, 4.69) is 34.5 Å². The summed E-state index contributed by atoms with van der Waals surface area (Å²) in [5.41, 5.74) is -0.135. The molecule has 2 aliphatic rings. The Balaban J connectivity index is 1.35. The summed E-state index contributed by atoms with van der Waals surface area (Å²) in [6.07, 6.45) is 2.39. The number of aliphatic hydroxyl groups is 2. The normalized spacial score (nSPS) is 26.1. The molecule has 0 aromatic heterocycles. The van der Waals surface area contributed by atoms with Crippen molar-refractivity contribution in [3.63, 3.8) is 0 Å². The highest BCUT2D eigenvalue weighted by Crippen LogP contribution is 2.42. The minimum Gasteiger partial charge on any atom is -0.392 e. The lowest BCUT2D eigenvalue weighted by atomic mass is 9.84. The monoisotopic (exact) mass is 394 g/mol. The largest absolute Gasteiger partial charge is 0.392 e. The number of fused-ring (bicyclic) bond motifs is 2. The fraction of sp³-hybridized carbons (Fsp3) is 0.458. The molecule has 154 valence electrons. The highest BCUT2D eigenvalue weighted by Gasteiger charge is 2.43. The Labute approximate surface area is 172 Å². The van der Waals surface area contributed by atoms with Crippen LogP contribution < -0.4 is 5.32 Å². The van der Waals surface area contributed by atoms with Gasteiger partial charge in [-0.3, -0.25) is 9.69 Å². The van der Waals surface area contributed by atoms with Gasteiger partial charge in [0.25, 0.3) is 5.91 Å². The van der Waals surface area contributed by atoms with Gasteiger partial charge in [0.15, 0.2) is 5.60 Å². The van der Waals surface area contributed by atoms with Crippen molar-refractivity contribution in [3.05, 3.63) is 71.8 Å². The van der Waals surface area contributed by atoms with E-state index in [-0.39, 0.29) is 0 Å². The molecule has 1 amide bonds. The molecule has 5 heteroatoms. The highest BCUT2D eigenvalue weighted by molar-refractivity contribution is 5.86. The van der Waals surface area contributed by atoms with E-state index in [1.165, 1.54) is 18.4 Å². The molecular formula is C24H30N2O3. The standard InChI is InChI=1S/C24H30N2O3/c27-17-24(29,21-9-5-2-6-10-21)23(28)25-13-22-19-11-12-20(22)16-26(15-19)14-18-7-3-1-4-8-18/h1-10,19-20,22,27,29H,11-17H2,(H,25,28)/t19?,20?,22?,24-/m0/s1. The summed E-state index contributed by atoms with van der Waals surface area (Å²) in [6.45, 7) is 3.00. The van der Waals surface area contributed by atoms with Crippen LogP contribution in [0.4, 0.5) is 0 Å². The Morgan fingerprint density at radius 2 is 1.59 bits per heavy atom. The molecule has 2 unspecified atom stereocenters. The van der Waals surface area contributed by atoms with Gasteiger partial charge in [-0.1, -0.05) is 60.7 Å². The van der Waals surface area contributed by atoms with Crippen molar-refractivity contribution in [2.24, 2.45) is 17.8 Å². The van der Waals surface area contributed by atoms with Crippen molar-refractivity contribution >= 4 is 5.91 Å². The molecule has 0 radical (unpaired) electrons. The summed E-state index contributed by atoms with van der Waals surface area (Å²) < 4.78 is 0. The molecule has 1 aliphatic carbocycles. The number of likely N-dealkylation sites (tertiary alicyclic amines) is 1. The highest BCUT2D eigenvalue weighted by atomic mass is 16.3. The second kappa shape index (κ2) is 8.66. The third kappa shape index (κ3) is 4.22. The molecule has 1 saturated heterocycles. The summed E-state index contributed by atoms with van der Waals surface area (Å²) in [5.74, 6) is 1.05. The number of aliphatic hydroxyl groups excluding tert-OH is 1. The zero-order chi connectivity index (χ0) is 20.3. The molecule has 1 saturated carbocycles. The second-order valence-electron chi connectivity index (χ2n) is 8.54. The van der Waals surface area contributed by atoms with Crippen molar-refractivity contribution < 1.29 is 15.0 Å². The number of carbonyl (C=O) groups excluding carboxylic acids is 1. The van der Waals surface area contributed by atoms with Crippen LogP contribution in [0.2, 0.25) is 0 Å². The van der Waals surface area contributed by atoms with E-state index in [0.29, 0.717) is 29.9 Å². The van der Waals surface area contributed by atoms with Crippen LogP contribution in [0.15, 0.2) is 60.7 Å². The van der Waals surface area contributed by atoms with Gasteiger partial charge in [0, 0.05) is 26.2 Å². The number of carbonyl (C=O) groups is 1. The van der Waals surface area contributed by atoms with E-state index < -0.39 is 18.1 Å². The summed E-state index contributed by atoms with van der Waals surface area (Å²) in [6, 6.07) is 19.2.